The molecule has 1 aromatic heterocycles. The fraction of sp³-hybridized carbons (Fsp3) is 0.0909. The second kappa shape index (κ2) is 6.94. The summed E-state index contributed by atoms with van der Waals surface area (Å²) >= 11 is 0. The highest BCUT2D eigenvalue weighted by Gasteiger charge is 2.18. The minimum absolute atomic E-state index is 0.130. The van der Waals surface area contributed by atoms with Gasteiger partial charge >= 0.3 is 5.97 Å². The molecule has 7 heteroatoms. The van der Waals surface area contributed by atoms with Gasteiger partial charge in [-0.2, -0.15) is 0 Å². The van der Waals surface area contributed by atoms with Crippen molar-refractivity contribution >= 4 is 16.9 Å². The van der Waals surface area contributed by atoms with Gasteiger partial charge in [-0.1, -0.05) is 23.4 Å². The van der Waals surface area contributed by atoms with E-state index in [1.54, 1.807) is 54.6 Å². The van der Waals surface area contributed by atoms with E-state index in [4.69, 9.17) is 18.7 Å². The Morgan fingerprint density at radius 2 is 1.90 bits per heavy atom. The number of benzene rings is 3. The molecule has 0 aliphatic carbocycles. The first kappa shape index (κ1) is 17.2. The van der Waals surface area contributed by atoms with E-state index in [1.807, 2.05) is 0 Å². The summed E-state index contributed by atoms with van der Waals surface area (Å²) in [5.41, 5.74) is 1.93. The van der Waals surface area contributed by atoms with Gasteiger partial charge in [0.1, 0.15) is 11.6 Å². The summed E-state index contributed by atoms with van der Waals surface area (Å²) in [6.45, 7) is 0.130. The SMILES string of the molecule is O=C(Oc1ccc2c(Cc3ccccc3F)noc2c1)c1ccc2c(c1)OCO2. The molecule has 0 unspecified atom stereocenters. The van der Waals surface area contributed by atoms with Crippen molar-refractivity contribution in [1.29, 1.82) is 0 Å². The summed E-state index contributed by atoms with van der Waals surface area (Å²) in [4.78, 5) is 12.4. The summed E-state index contributed by atoms with van der Waals surface area (Å²) in [6.07, 6.45) is 0.302. The molecule has 4 aromatic rings. The molecule has 0 saturated carbocycles. The van der Waals surface area contributed by atoms with Crippen LogP contribution in [-0.2, 0) is 6.42 Å². The Labute approximate surface area is 164 Å². The Morgan fingerprint density at radius 1 is 1.03 bits per heavy atom. The molecule has 0 N–H and O–H groups in total. The van der Waals surface area contributed by atoms with E-state index < -0.39 is 5.97 Å². The molecule has 1 aliphatic rings. The number of rotatable bonds is 4. The molecule has 144 valence electrons. The smallest absolute Gasteiger partial charge is 0.343 e. The van der Waals surface area contributed by atoms with Crippen LogP contribution in [-0.4, -0.2) is 17.9 Å². The maximum absolute atomic E-state index is 13.9. The predicted molar refractivity (Wildman–Crippen MR) is 101 cm³/mol. The number of halogens is 1. The van der Waals surface area contributed by atoms with Crippen LogP contribution in [0.5, 0.6) is 17.2 Å². The van der Waals surface area contributed by atoms with E-state index >= 15 is 0 Å². The monoisotopic (exact) mass is 391 g/mol. The second-order valence-corrected chi connectivity index (χ2v) is 6.51. The molecule has 1 aliphatic heterocycles. The number of nitrogens with zero attached hydrogens (tertiary/aromatic N) is 1. The Balaban J connectivity index is 1.37. The van der Waals surface area contributed by atoms with Gasteiger partial charge in [0.2, 0.25) is 6.79 Å². The van der Waals surface area contributed by atoms with Gasteiger partial charge in [-0.25, -0.2) is 9.18 Å². The zero-order valence-electron chi connectivity index (χ0n) is 15.1. The van der Waals surface area contributed by atoms with Crippen LogP contribution in [0.15, 0.2) is 65.2 Å². The molecule has 29 heavy (non-hydrogen) atoms. The van der Waals surface area contributed by atoms with Crippen molar-refractivity contribution in [2.75, 3.05) is 6.79 Å². The molecule has 0 fully saturated rings. The van der Waals surface area contributed by atoms with Crippen molar-refractivity contribution in [3.05, 3.63) is 83.3 Å². The number of ether oxygens (including phenoxy) is 3. The number of hydrogen-bond acceptors (Lipinski definition) is 6. The Bertz CT molecular complexity index is 1230. The normalized spacial score (nSPS) is 12.3. The van der Waals surface area contributed by atoms with E-state index in [9.17, 15) is 9.18 Å². The van der Waals surface area contributed by atoms with Gasteiger partial charge in [0, 0.05) is 17.9 Å². The third kappa shape index (κ3) is 3.27. The maximum Gasteiger partial charge on any atom is 0.343 e. The maximum atomic E-state index is 13.9. The summed E-state index contributed by atoms with van der Waals surface area (Å²) < 4.78 is 35.2. The fourth-order valence-corrected chi connectivity index (χ4v) is 3.17. The number of fused-ring (bicyclic) bond motifs is 2. The number of carbonyl (C=O) groups is 1. The van der Waals surface area contributed by atoms with Crippen molar-refractivity contribution in [2.24, 2.45) is 0 Å². The van der Waals surface area contributed by atoms with Crippen molar-refractivity contribution in [3.8, 4) is 17.2 Å². The van der Waals surface area contributed by atoms with Gasteiger partial charge in [0.15, 0.2) is 17.1 Å². The van der Waals surface area contributed by atoms with E-state index in [0.717, 1.165) is 5.39 Å². The van der Waals surface area contributed by atoms with E-state index in [-0.39, 0.29) is 12.6 Å². The van der Waals surface area contributed by atoms with Gasteiger partial charge in [-0.3, -0.25) is 0 Å². The summed E-state index contributed by atoms with van der Waals surface area (Å²) in [5, 5.41) is 4.77. The van der Waals surface area contributed by atoms with Crippen LogP contribution >= 0.6 is 0 Å². The quantitative estimate of drug-likeness (QED) is 0.377. The topological polar surface area (TPSA) is 70.8 Å². The first-order chi connectivity index (χ1) is 14.2. The van der Waals surface area contributed by atoms with Crippen LogP contribution in [0.4, 0.5) is 4.39 Å². The Hall–Kier alpha value is -3.87. The van der Waals surface area contributed by atoms with Crippen LogP contribution in [0.1, 0.15) is 21.6 Å². The molecular weight excluding hydrogens is 377 g/mol. The third-order valence-electron chi connectivity index (χ3n) is 4.65. The van der Waals surface area contributed by atoms with Gasteiger partial charge in [0.25, 0.3) is 0 Å². The zero-order chi connectivity index (χ0) is 19.8. The predicted octanol–water partition coefficient (Wildman–Crippen LogP) is 4.51. The molecule has 2 heterocycles. The number of esters is 1. The molecular formula is C22H14FNO5. The standard InChI is InChI=1S/C22H14FNO5/c23-17-4-2-1-3-13(17)9-18-16-7-6-15(11-20(16)29-24-18)28-22(25)14-5-8-19-21(10-14)27-12-26-19/h1-8,10-11H,9,12H2. The zero-order valence-corrected chi connectivity index (χ0v) is 15.1. The van der Waals surface area contributed by atoms with Crippen molar-refractivity contribution in [1.82, 2.24) is 5.16 Å². The van der Waals surface area contributed by atoms with Gasteiger partial charge < -0.3 is 18.7 Å². The van der Waals surface area contributed by atoms with Gasteiger partial charge in [-0.05, 0) is 42.0 Å². The molecule has 0 bridgehead atoms. The molecule has 0 spiro atoms. The van der Waals surface area contributed by atoms with E-state index in [1.165, 1.54) is 6.07 Å². The molecule has 0 radical (unpaired) electrons. The number of carbonyl (C=O) groups excluding carboxylic acids is 1. The lowest BCUT2D eigenvalue weighted by Crippen LogP contribution is -2.08. The van der Waals surface area contributed by atoms with Crippen LogP contribution < -0.4 is 14.2 Å². The fourth-order valence-electron chi connectivity index (χ4n) is 3.17. The average molecular weight is 391 g/mol. The van der Waals surface area contributed by atoms with Crippen LogP contribution in [0.3, 0.4) is 0 Å². The molecule has 0 saturated heterocycles. The molecule has 0 atom stereocenters. The van der Waals surface area contributed by atoms with E-state index in [0.29, 0.717) is 46.1 Å². The van der Waals surface area contributed by atoms with Gasteiger partial charge in [-0.15, -0.1) is 0 Å². The van der Waals surface area contributed by atoms with Crippen molar-refractivity contribution in [3.63, 3.8) is 0 Å². The molecule has 0 amide bonds. The first-order valence-electron chi connectivity index (χ1n) is 8.91. The lowest BCUT2D eigenvalue weighted by Gasteiger charge is -2.05. The largest absolute Gasteiger partial charge is 0.454 e. The highest BCUT2D eigenvalue weighted by molar-refractivity contribution is 5.92. The van der Waals surface area contributed by atoms with Crippen molar-refractivity contribution < 1.29 is 27.9 Å². The van der Waals surface area contributed by atoms with Crippen LogP contribution in [0.2, 0.25) is 0 Å². The Kier molecular flexibility index (Phi) is 4.13. The Morgan fingerprint density at radius 3 is 2.79 bits per heavy atom. The second-order valence-electron chi connectivity index (χ2n) is 6.51. The van der Waals surface area contributed by atoms with Crippen molar-refractivity contribution in [2.45, 2.75) is 6.42 Å². The highest BCUT2D eigenvalue weighted by Crippen LogP contribution is 2.33. The lowest BCUT2D eigenvalue weighted by atomic mass is 10.1. The summed E-state index contributed by atoms with van der Waals surface area (Å²) in [5.74, 6) is 0.579. The minimum Gasteiger partial charge on any atom is -0.454 e. The van der Waals surface area contributed by atoms with Crippen LogP contribution in [0, 0.1) is 5.82 Å². The number of hydrogen-bond donors (Lipinski definition) is 0. The summed E-state index contributed by atoms with van der Waals surface area (Å²) in [7, 11) is 0. The van der Waals surface area contributed by atoms with Crippen LogP contribution in [0.25, 0.3) is 11.0 Å². The minimum atomic E-state index is -0.534. The lowest BCUT2D eigenvalue weighted by molar-refractivity contribution is 0.0734. The summed E-state index contributed by atoms with van der Waals surface area (Å²) in [6, 6.07) is 16.3. The van der Waals surface area contributed by atoms with E-state index in [2.05, 4.69) is 5.16 Å². The highest BCUT2D eigenvalue weighted by atomic mass is 19.1. The first-order valence-corrected chi connectivity index (χ1v) is 8.91. The average Bonchev–Trinajstić information content (AvgIpc) is 3.36. The molecule has 5 rings (SSSR count). The molecule has 6 nitrogen and oxygen atoms in total. The molecule has 3 aromatic carbocycles. The van der Waals surface area contributed by atoms with Gasteiger partial charge in [0.05, 0.1) is 11.3 Å². The third-order valence-corrected chi connectivity index (χ3v) is 4.65. The number of aromatic nitrogens is 1.